The zero-order chi connectivity index (χ0) is 13.0. The van der Waals surface area contributed by atoms with Gasteiger partial charge in [-0.15, -0.1) is 0 Å². The van der Waals surface area contributed by atoms with E-state index in [0.717, 1.165) is 22.0 Å². The van der Waals surface area contributed by atoms with Gasteiger partial charge in [-0.3, -0.25) is 4.98 Å². The lowest BCUT2D eigenvalue weighted by atomic mass is 9.72. The highest BCUT2D eigenvalue weighted by Gasteiger charge is 2.06. The smallest absolute Gasteiger partial charge is 0.157 e. The van der Waals surface area contributed by atoms with Crippen LogP contribution in [0.3, 0.4) is 0 Å². The third-order valence-electron chi connectivity index (χ3n) is 2.62. The van der Waals surface area contributed by atoms with Crippen molar-refractivity contribution >= 4 is 35.3 Å². The van der Waals surface area contributed by atoms with Crippen molar-refractivity contribution in [2.75, 3.05) is 0 Å². The van der Waals surface area contributed by atoms with E-state index in [1.807, 2.05) is 12.1 Å². The fraction of sp³-hybridized carbons (Fsp3) is 0.154. The quantitative estimate of drug-likeness (QED) is 0.621. The van der Waals surface area contributed by atoms with Crippen molar-refractivity contribution in [1.29, 1.82) is 0 Å². The zero-order valence-corrected chi connectivity index (χ0v) is 12.1. The van der Waals surface area contributed by atoms with Crippen molar-refractivity contribution in [3.05, 3.63) is 51.6 Å². The van der Waals surface area contributed by atoms with Crippen molar-refractivity contribution in [2.24, 2.45) is 0 Å². The molecule has 1 aromatic heterocycles. The van der Waals surface area contributed by atoms with Gasteiger partial charge in [-0.05, 0) is 40.8 Å². The lowest BCUT2D eigenvalue weighted by Crippen LogP contribution is -2.20. The second kappa shape index (κ2) is 6.18. The number of benzene rings is 1. The summed E-state index contributed by atoms with van der Waals surface area (Å²) in [5.41, 5.74) is 2.06. The summed E-state index contributed by atoms with van der Waals surface area (Å²) in [7, 11) is 0.910. The summed E-state index contributed by atoms with van der Waals surface area (Å²) >= 11 is 2.13. The van der Waals surface area contributed by atoms with E-state index in [1.54, 1.807) is 12.3 Å². The molecule has 0 amide bonds. The molecule has 0 bridgehead atoms. The number of hydrogen-bond donors (Lipinski definition) is 0. The van der Waals surface area contributed by atoms with E-state index in [2.05, 4.69) is 34.4 Å². The highest BCUT2D eigenvalue weighted by atomic mass is 127. The first-order valence-electron chi connectivity index (χ1n) is 5.71. The average molecular weight is 355 g/mol. The second-order valence-corrected chi connectivity index (χ2v) is 4.99. The van der Waals surface area contributed by atoms with Crippen LogP contribution in [-0.4, -0.2) is 12.3 Å². The van der Waals surface area contributed by atoms with Crippen molar-refractivity contribution in [2.45, 2.75) is 13.4 Å². The second-order valence-electron chi connectivity index (χ2n) is 3.83. The molecular formula is C13H12BFINO. The lowest BCUT2D eigenvalue weighted by Gasteiger charge is -2.10. The van der Waals surface area contributed by atoms with Crippen LogP contribution in [0.25, 0.3) is 0 Å². The SMILES string of the molecule is CBc1cccnc1COc1cc(F)ccc1I. The monoisotopic (exact) mass is 355 g/mol. The summed E-state index contributed by atoms with van der Waals surface area (Å²) < 4.78 is 19.6. The van der Waals surface area contributed by atoms with Crippen LogP contribution in [-0.2, 0) is 6.61 Å². The number of halogens is 2. The van der Waals surface area contributed by atoms with Crippen LogP contribution >= 0.6 is 22.6 Å². The molecule has 2 nitrogen and oxygen atoms in total. The molecule has 0 radical (unpaired) electrons. The summed E-state index contributed by atoms with van der Waals surface area (Å²) in [6.45, 7) is 2.44. The molecule has 0 aliphatic carbocycles. The maximum absolute atomic E-state index is 13.1. The predicted molar refractivity (Wildman–Crippen MR) is 80.3 cm³/mol. The van der Waals surface area contributed by atoms with Crippen molar-refractivity contribution in [1.82, 2.24) is 4.98 Å². The molecule has 0 spiro atoms. The van der Waals surface area contributed by atoms with E-state index in [1.165, 1.54) is 12.1 Å². The van der Waals surface area contributed by atoms with Gasteiger partial charge in [0.2, 0.25) is 0 Å². The Morgan fingerprint density at radius 3 is 3.00 bits per heavy atom. The number of rotatable bonds is 4. The fourth-order valence-corrected chi connectivity index (χ4v) is 2.15. The van der Waals surface area contributed by atoms with E-state index < -0.39 is 0 Å². The minimum absolute atomic E-state index is 0.290. The summed E-state index contributed by atoms with van der Waals surface area (Å²) in [6.07, 6.45) is 1.74. The topological polar surface area (TPSA) is 22.1 Å². The summed E-state index contributed by atoms with van der Waals surface area (Å²) in [4.78, 5) is 4.30. The number of ether oxygens (including phenoxy) is 1. The van der Waals surface area contributed by atoms with Gasteiger partial charge in [0.25, 0.3) is 0 Å². The van der Waals surface area contributed by atoms with Gasteiger partial charge < -0.3 is 4.74 Å². The van der Waals surface area contributed by atoms with Gasteiger partial charge in [-0.1, -0.05) is 18.4 Å². The third-order valence-corrected chi connectivity index (χ3v) is 3.51. The highest BCUT2D eigenvalue weighted by Crippen LogP contribution is 2.22. The van der Waals surface area contributed by atoms with Gasteiger partial charge >= 0.3 is 0 Å². The van der Waals surface area contributed by atoms with Gasteiger partial charge in [0.05, 0.1) is 9.26 Å². The number of hydrogen-bond acceptors (Lipinski definition) is 2. The molecule has 0 fully saturated rings. The van der Waals surface area contributed by atoms with Crippen LogP contribution in [0.5, 0.6) is 5.75 Å². The summed E-state index contributed by atoms with van der Waals surface area (Å²) in [5, 5.41) is 0. The number of pyridine rings is 1. The van der Waals surface area contributed by atoms with E-state index in [9.17, 15) is 4.39 Å². The normalized spacial score (nSPS) is 10.2. The lowest BCUT2D eigenvalue weighted by molar-refractivity contribution is 0.298. The Morgan fingerprint density at radius 2 is 2.22 bits per heavy atom. The number of nitrogens with zero attached hydrogens (tertiary/aromatic N) is 1. The average Bonchev–Trinajstić information content (AvgIpc) is 2.40. The van der Waals surface area contributed by atoms with Crippen LogP contribution in [0, 0.1) is 9.39 Å². The summed E-state index contributed by atoms with van der Waals surface area (Å²) in [5.74, 6) is 0.269. The Hall–Kier alpha value is -1.11. The number of aromatic nitrogens is 1. The molecule has 0 N–H and O–H groups in total. The van der Waals surface area contributed by atoms with Gasteiger partial charge in [-0.25, -0.2) is 4.39 Å². The molecule has 0 aliphatic rings. The van der Waals surface area contributed by atoms with Gasteiger partial charge in [0.15, 0.2) is 7.28 Å². The van der Waals surface area contributed by atoms with E-state index in [0.29, 0.717) is 12.4 Å². The Kier molecular flexibility index (Phi) is 4.57. The molecule has 2 aromatic rings. The molecular weight excluding hydrogens is 343 g/mol. The molecule has 18 heavy (non-hydrogen) atoms. The first-order chi connectivity index (χ1) is 8.70. The standard InChI is InChI=1S/C13H12BFINO/c1-14-10-3-2-6-17-12(10)8-18-13-7-9(15)4-5-11(13)16/h2-7,14H,8H2,1H3. The van der Waals surface area contributed by atoms with Crippen molar-refractivity contribution in [3.8, 4) is 5.75 Å². The van der Waals surface area contributed by atoms with Crippen LogP contribution in [0.1, 0.15) is 5.69 Å². The van der Waals surface area contributed by atoms with Crippen LogP contribution in [0.15, 0.2) is 36.5 Å². The van der Waals surface area contributed by atoms with E-state index in [-0.39, 0.29) is 5.82 Å². The van der Waals surface area contributed by atoms with Gasteiger partial charge in [0.1, 0.15) is 18.2 Å². The van der Waals surface area contributed by atoms with Gasteiger partial charge in [0, 0.05) is 12.3 Å². The molecule has 0 aliphatic heterocycles. The first kappa shape index (κ1) is 13.3. The zero-order valence-electron chi connectivity index (χ0n) is 9.99. The molecule has 0 atom stereocenters. The van der Waals surface area contributed by atoms with E-state index in [4.69, 9.17) is 4.74 Å². The van der Waals surface area contributed by atoms with Crippen molar-refractivity contribution < 1.29 is 9.13 Å². The fourth-order valence-electron chi connectivity index (χ4n) is 1.66. The molecule has 2 rings (SSSR count). The van der Waals surface area contributed by atoms with Gasteiger partial charge in [-0.2, -0.15) is 0 Å². The Morgan fingerprint density at radius 1 is 1.39 bits per heavy atom. The molecule has 1 aromatic carbocycles. The Balaban J connectivity index is 2.14. The maximum Gasteiger partial charge on any atom is 0.157 e. The van der Waals surface area contributed by atoms with Crippen LogP contribution < -0.4 is 10.2 Å². The first-order valence-corrected chi connectivity index (χ1v) is 6.79. The third kappa shape index (κ3) is 3.22. The molecule has 0 saturated carbocycles. The van der Waals surface area contributed by atoms with Crippen LogP contribution in [0.2, 0.25) is 6.82 Å². The molecule has 0 unspecified atom stereocenters. The van der Waals surface area contributed by atoms with Crippen LogP contribution in [0.4, 0.5) is 4.39 Å². The molecule has 0 saturated heterocycles. The largest absolute Gasteiger partial charge is 0.486 e. The summed E-state index contributed by atoms with van der Waals surface area (Å²) in [6, 6.07) is 8.46. The Bertz CT molecular complexity index is 550. The molecule has 92 valence electrons. The maximum atomic E-state index is 13.1. The van der Waals surface area contributed by atoms with E-state index >= 15 is 0 Å². The predicted octanol–water partition coefficient (Wildman–Crippen LogP) is 2.51. The molecule has 1 heterocycles. The highest BCUT2D eigenvalue weighted by molar-refractivity contribution is 14.1. The molecule has 5 heteroatoms. The van der Waals surface area contributed by atoms with Crippen molar-refractivity contribution in [3.63, 3.8) is 0 Å². The minimum Gasteiger partial charge on any atom is -0.486 e. The minimum atomic E-state index is -0.290. The Labute approximate surface area is 120 Å².